The van der Waals surface area contributed by atoms with Crippen LogP contribution in [0.5, 0.6) is 5.75 Å². The van der Waals surface area contributed by atoms with E-state index in [2.05, 4.69) is 72.2 Å². The summed E-state index contributed by atoms with van der Waals surface area (Å²) in [4.78, 5) is 5.15. The van der Waals surface area contributed by atoms with Gasteiger partial charge >= 0.3 is 0 Å². The molecule has 0 atom stereocenters. The van der Waals surface area contributed by atoms with E-state index < -0.39 is 0 Å². The topological polar surface area (TPSA) is 15.7 Å². The van der Waals surface area contributed by atoms with Crippen LogP contribution in [0.15, 0.2) is 54.6 Å². The average molecular weight is 439 g/mol. The van der Waals surface area contributed by atoms with Crippen molar-refractivity contribution in [2.45, 2.75) is 58.6 Å². The normalized spacial score (nSPS) is 18.5. The van der Waals surface area contributed by atoms with Crippen molar-refractivity contribution >= 4 is 15.4 Å². The van der Waals surface area contributed by atoms with E-state index in [4.69, 9.17) is 4.74 Å². The fourth-order valence-corrected chi connectivity index (χ4v) is 4.89. The molecule has 0 spiro atoms. The molecule has 3 nitrogen and oxygen atoms in total. The number of rotatable bonds is 6. The van der Waals surface area contributed by atoms with Gasteiger partial charge < -0.3 is 9.64 Å². The minimum absolute atomic E-state index is 0.390. The van der Waals surface area contributed by atoms with Gasteiger partial charge in [-0.2, -0.15) is 0 Å². The maximum atomic E-state index is 6.21. The molecule has 4 heteroatoms. The maximum Gasteiger partial charge on any atom is 0.119 e. The minimum atomic E-state index is 0.390. The van der Waals surface area contributed by atoms with Gasteiger partial charge in [-0.1, -0.05) is 67.9 Å². The highest BCUT2D eigenvalue weighted by atomic mass is 28.1. The van der Waals surface area contributed by atoms with Gasteiger partial charge in [0.1, 0.15) is 11.9 Å². The molecule has 31 heavy (non-hydrogen) atoms. The Morgan fingerprint density at radius 2 is 1.48 bits per heavy atom. The fourth-order valence-electron chi connectivity index (χ4n) is 4.50. The Morgan fingerprint density at radius 1 is 0.839 bits per heavy atom. The van der Waals surface area contributed by atoms with Crippen molar-refractivity contribution < 1.29 is 4.74 Å². The summed E-state index contributed by atoms with van der Waals surface area (Å²) in [5.74, 6) is 1.80. The van der Waals surface area contributed by atoms with Gasteiger partial charge in [0.2, 0.25) is 0 Å². The highest BCUT2D eigenvalue weighted by Crippen LogP contribution is 2.21. The summed E-state index contributed by atoms with van der Waals surface area (Å²) >= 11 is 0. The van der Waals surface area contributed by atoms with Gasteiger partial charge in [-0.05, 0) is 62.4 Å². The van der Waals surface area contributed by atoms with E-state index in [-0.39, 0.29) is 0 Å². The first-order valence-electron chi connectivity index (χ1n) is 12.3. The molecule has 0 radical (unpaired) electrons. The molecule has 2 saturated heterocycles. The molecule has 2 aromatic carbocycles. The molecule has 4 rings (SSSR count). The first-order chi connectivity index (χ1) is 15.1. The third kappa shape index (κ3) is 9.18. The number of hydrogen-bond donors (Lipinski definition) is 0. The van der Waals surface area contributed by atoms with Gasteiger partial charge in [-0.15, -0.1) is 0 Å². The Hall–Kier alpha value is -1.62. The number of hydrogen-bond acceptors (Lipinski definition) is 3. The molecule has 0 aliphatic carbocycles. The van der Waals surface area contributed by atoms with Crippen LogP contribution in [0.4, 0.5) is 0 Å². The lowest BCUT2D eigenvalue weighted by Crippen LogP contribution is -2.39. The highest BCUT2D eigenvalue weighted by molar-refractivity contribution is 6.32. The quantitative estimate of drug-likeness (QED) is 0.637. The van der Waals surface area contributed by atoms with Gasteiger partial charge in [-0.3, -0.25) is 4.90 Å². The van der Waals surface area contributed by atoms with Crippen molar-refractivity contribution in [2.75, 3.05) is 32.7 Å². The fraction of sp³-hybridized carbons (Fsp3) is 0.556. The predicted octanol–water partition coefficient (Wildman–Crippen LogP) is 3.85. The van der Waals surface area contributed by atoms with Crippen LogP contribution in [0.25, 0.3) is 0 Å². The van der Waals surface area contributed by atoms with E-state index in [1.54, 1.807) is 0 Å². The smallest absolute Gasteiger partial charge is 0.119 e. The largest absolute Gasteiger partial charge is 0.490 e. The molecule has 2 heterocycles. The average Bonchev–Trinajstić information content (AvgIpc) is 2.78. The van der Waals surface area contributed by atoms with Crippen LogP contribution in [0.3, 0.4) is 0 Å². The minimum Gasteiger partial charge on any atom is -0.490 e. The molecule has 2 fully saturated rings. The van der Waals surface area contributed by atoms with Crippen LogP contribution >= 0.6 is 0 Å². The molecular weight excluding hydrogens is 396 g/mol. The molecule has 0 saturated carbocycles. The lowest BCUT2D eigenvalue weighted by atomic mass is 10.1. The van der Waals surface area contributed by atoms with Gasteiger partial charge in [0.05, 0.1) is 0 Å². The van der Waals surface area contributed by atoms with E-state index in [9.17, 15) is 0 Å². The number of benzene rings is 2. The Morgan fingerprint density at radius 3 is 2.03 bits per heavy atom. The second kappa shape index (κ2) is 13.0. The third-order valence-electron chi connectivity index (χ3n) is 6.18. The Labute approximate surface area is 193 Å². The number of nitrogens with zero attached hydrogens (tertiary/aromatic N) is 2. The molecular formula is C27H42N2OSi. The van der Waals surface area contributed by atoms with Crippen molar-refractivity contribution in [1.29, 1.82) is 0 Å². The molecule has 0 unspecified atom stereocenters. The zero-order valence-corrected chi connectivity index (χ0v) is 21.9. The van der Waals surface area contributed by atoms with E-state index in [0.29, 0.717) is 6.10 Å². The summed E-state index contributed by atoms with van der Waals surface area (Å²) in [6, 6.07) is 19.3. The van der Waals surface area contributed by atoms with Crippen LogP contribution in [0.1, 0.15) is 51.5 Å². The summed E-state index contributed by atoms with van der Waals surface area (Å²) in [6.45, 7) is 11.8. The monoisotopic (exact) mass is 438 g/mol. The van der Waals surface area contributed by atoms with E-state index in [1.807, 2.05) is 6.07 Å². The molecule has 0 N–H and O–H groups in total. The summed E-state index contributed by atoms with van der Waals surface area (Å²) < 4.78 is 6.21. The van der Waals surface area contributed by atoms with Crippen molar-refractivity contribution in [1.82, 2.24) is 9.80 Å². The standard InChI is InChI=1S/C21H34N2O.C6H8Si/c1-18(2)16-23-14-10-21(11-15-23)24-20-8-6-19(7-9-20)17-22-12-4-3-5-13-22;7-6-4-2-1-3-5-6/h6-9,18,21H,3-5,10-17H2,1-2H3;1-5H,7H3. The maximum absolute atomic E-state index is 6.21. The molecule has 2 aliphatic rings. The van der Waals surface area contributed by atoms with E-state index in [1.165, 1.54) is 73.0 Å². The molecule has 170 valence electrons. The molecule has 0 amide bonds. The van der Waals surface area contributed by atoms with Crippen LogP contribution in [-0.2, 0) is 6.54 Å². The summed E-state index contributed by atoms with van der Waals surface area (Å²) in [7, 11) is 1.17. The number of likely N-dealkylation sites (tertiary alicyclic amines) is 2. The summed E-state index contributed by atoms with van der Waals surface area (Å²) in [5, 5.41) is 1.46. The number of piperidine rings is 2. The first-order valence-corrected chi connectivity index (χ1v) is 13.3. The van der Waals surface area contributed by atoms with Crippen molar-refractivity contribution in [3.63, 3.8) is 0 Å². The van der Waals surface area contributed by atoms with Gasteiger partial charge in [-0.25, -0.2) is 0 Å². The van der Waals surface area contributed by atoms with Crippen molar-refractivity contribution in [2.24, 2.45) is 5.92 Å². The zero-order chi connectivity index (χ0) is 21.9. The molecule has 2 aliphatic heterocycles. The van der Waals surface area contributed by atoms with Crippen LogP contribution in [-0.4, -0.2) is 58.9 Å². The summed E-state index contributed by atoms with van der Waals surface area (Å²) in [5.41, 5.74) is 1.41. The summed E-state index contributed by atoms with van der Waals surface area (Å²) in [6.07, 6.45) is 6.82. The van der Waals surface area contributed by atoms with E-state index in [0.717, 1.165) is 31.1 Å². The molecule has 2 aromatic rings. The Kier molecular flexibility index (Phi) is 10.1. The van der Waals surface area contributed by atoms with Crippen LogP contribution < -0.4 is 9.92 Å². The van der Waals surface area contributed by atoms with Gasteiger partial charge in [0, 0.05) is 36.4 Å². The zero-order valence-electron chi connectivity index (χ0n) is 19.9. The lowest BCUT2D eigenvalue weighted by Gasteiger charge is -2.33. The van der Waals surface area contributed by atoms with E-state index >= 15 is 0 Å². The van der Waals surface area contributed by atoms with Gasteiger partial charge in [0.15, 0.2) is 0 Å². The van der Waals surface area contributed by atoms with Crippen molar-refractivity contribution in [3.8, 4) is 5.75 Å². The second-order valence-electron chi connectivity index (χ2n) is 9.65. The Bertz CT molecular complexity index is 721. The third-order valence-corrected chi connectivity index (χ3v) is 6.85. The van der Waals surface area contributed by atoms with Crippen molar-refractivity contribution in [3.05, 3.63) is 60.2 Å². The highest BCUT2D eigenvalue weighted by Gasteiger charge is 2.21. The van der Waals surface area contributed by atoms with Crippen LogP contribution in [0, 0.1) is 5.92 Å². The lowest BCUT2D eigenvalue weighted by molar-refractivity contribution is 0.0941. The predicted molar refractivity (Wildman–Crippen MR) is 137 cm³/mol. The second-order valence-corrected chi connectivity index (χ2v) is 10.8. The van der Waals surface area contributed by atoms with Gasteiger partial charge in [0.25, 0.3) is 0 Å². The SMILES string of the molecule is CC(C)CN1CCC(Oc2ccc(CN3CCCCC3)cc2)CC1.[SiH3]c1ccccc1. The number of ether oxygens (including phenoxy) is 1. The molecule has 0 aromatic heterocycles. The first kappa shape index (κ1) is 24.0. The Balaban J connectivity index is 0.000000330. The van der Waals surface area contributed by atoms with Crippen LogP contribution in [0.2, 0.25) is 0 Å². The molecule has 0 bridgehead atoms.